The van der Waals surface area contributed by atoms with E-state index in [0.29, 0.717) is 17.1 Å². The Kier molecular flexibility index (Phi) is 5.00. The summed E-state index contributed by atoms with van der Waals surface area (Å²) in [4.78, 5) is 0.263. The summed E-state index contributed by atoms with van der Waals surface area (Å²) >= 11 is 5.80. The van der Waals surface area contributed by atoms with Gasteiger partial charge in [-0.3, -0.25) is 0 Å². The first kappa shape index (κ1) is 16.0. The molecule has 0 aliphatic heterocycles. The van der Waals surface area contributed by atoms with Crippen molar-refractivity contribution in [3.8, 4) is 0 Å². The molecule has 0 atom stereocenters. The van der Waals surface area contributed by atoms with Crippen molar-refractivity contribution in [3.05, 3.63) is 64.2 Å². The first-order chi connectivity index (χ1) is 9.94. The van der Waals surface area contributed by atoms with Gasteiger partial charge < -0.3 is 5.73 Å². The van der Waals surface area contributed by atoms with Gasteiger partial charge in [0.25, 0.3) is 0 Å². The number of rotatable bonds is 5. The van der Waals surface area contributed by atoms with Crippen molar-refractivity contribution in [3.63, 3.8) is 0 Å². The maximum absolute atomic E-state index is 12.4. The molecule has 0 saturated carbocycles. The van der Waals surface area contributed by atoms with Crippen molar-refractivity contribution in [2.75, 3.05) is 0 Å². The first-order valence-corrected chi connectivity index (χ1v) is 8.33. The van der Waals surface area contributed by atoms with Crippen LogP contribution in [0.2, 0.25) is 5.02 Å². The van der Waals surface area contributed by atoms with E-state index in [2.05, 4.69) is 4.72 Å². The van der Waals surface area contributed by atoms with Crippen LogP contribution in [-0.2, 0) is 23.1 Å². The summed E-state index contributed by atoms with van der Waals surface area (Å²) in [6.45, 7) is 2.29. The Hall–Kier alpha value is -1.40. The van der Waals surface area contributed by atoms with Gasteiger partial charge in [-0.15, -0.1) is 0 Å². The minimum Gasteiger partial charge on any atom is -0.326 e. The lowest BCUT2D eigenvalue weighted by Crippen LogP contribution is -2.24. The van der Waals surface area contributed by atoms with Crippen LogP contribution in [0, 0.1) is 6.92 Å². The third-order valence-corrected chi connectivity index (χ3v) is 5.08. The van der Waals surface area contributed by atoms with E-state index in [1.165, 1.54) is 0 Å². The van der Waals surface area contributed by atoms with E-state index in [1.807, 2.05) is 6.07 Å². The van der Waals surface area contributed by atoms with Crippen LogP contribution in [0.4, 0.5) is 0 Å². The van der Waals surface area contributed by atoms with E-state index in [0.717, 1.165) is 11.1 Å². The molecule has 2 aromatic carbocycles. The van der Waals surface area contributed by atoms with Gasteiger partial charge in [-0.05, 0) is 41.8 Å². The molecule has 6 heteroatoms. The lowest BCUT2D eigenvalue weighted by molar-refractivity contribution is 0.580. The van der Waals surface area contributed by atoms with Gasteiger partial charge in [-0.1, -0.05) is 35.9 Å². The van der Waals surface area contributed by atoms with Gasteiger partial charge in [0.2, 0.25) is 10.0 Å². The third kappa shape index (κ3) is 3.83. The van der Waals surface area contributed by atoms with Crippen LogP contribution in [0.3, 0.4) is 0 Å². The number of halogens is 1. The minimum atomic E-state index is -3.57. The second-order valence-corrected chi connectivity index (χ2v) is 6.87. The van der Waals surface area contributed by atoms with Crippen LogP contribution < -0.4 is 10.5 Å². The second-order valence-electron chi connectivity index (χ2n) is 4.70. The highest BCUT2D eigenvalue weighted by Crippen LogP contribution is 2.19. The number of hydrogen-bond donors (Lipinski definition) is 2. The van der Waals surface area contributed by atoms with Gasteiger partial charge in [0.1, 0.15) is 0 Å². The van der Waals surface area contributed by atoms with Gasteiger partial charge in [-0.25, -0.2) is 13.1 Å². The summed E-state index contributed by atoms with van der Waals surface area (Å²) in [5, 5.41) is 0.619. The maximum atomic E-state index is 12.4. The molecule has 0 aromatic heterocycles. The molecule has 2 rings (SSSR count). The Labute approximate surface area is 130 Å². The highest BCUT2D eigenvalue weighted by Gasteiger charge is 2.17. The zero-order valence-electron chi connectivity index (χ0n) is 11.6. The fraction of sp³-hybridized carbons (Fsp3) is 0.200. The van der Waals surface area contributed by atoms with Crippen molar-refractivity contribution in [1.82, 2.24) is 4.72 Å². The molecule has 2 aromatic rings. The summed E-state index contributed by atoms with van der Waals surface area (Å²) < 4.78 is 27.4. The zero-order chi connectivity index (χ0) is 15.5. The Morgan fingerprint density at radius 2 is 1.81 bits per heavy atom. The van der Waals surface area contributed by atoms with Crippen molar-refractivity contribution >= 4 is 21.6 Å². The Bertz CT molecular complexity index is 728. The number of benzene rings is 2. The largest absolute Gasteiger partial charge is 0.326 e. The molecule has 0 spiro atoms. The Balaban J connectivity index is 2.21. The fourth-order valence-electron chi connectivity index (χ4n) is 2.03. The van der Waals surface area contributed by atoms with Crippen LogP contribution in [-0.4, -0.2) is 8.42 Å². The summed E-state index contributed by atoms with van der Waals surface area (Å²) in [6, 6.07) is 12.1. The summed E-state index contributed by atoms with van der Waals surface area (Å²) in [6.07, 6.45) is 0. The van der Waals surface area contributed by atoms with Gasteiger partial charge in [0.15, 0.2) is 0 Å². The minimum absolute atomic E-state index is 0.214. The average Bonchev–Trinajstić information content (AvgIpc) is 2.47. The van der Waals surface area contributed by atoms with Crippen molar-refractivity contribution < 1.29 is 8.42 Å². The summed E-state index contributed by atoms with van der Waals surface area (Å²) in [5.41, 5.74) is 7.96. The van der Waals surface area contributed by atoms with Crippen LogP contribution in [0.1, 0.15) is 16.7 Å². The molecule has 21 heavy (non-hydrogen) atoms. The van der Waals surface area contributed by atoms with Crippen LogP contribution >= 0.6 is 11.6 Å². The smallest absolute Gasteiger partial charge is 0.241 e. The normalized spacial score (nSPS) is 11.6. The zero-order valence-corrected chi connectivity index (χ0v) is 13.2. The quantitative estimate of drug-likeness (QED) is 0.888. The Morgan fingerprint density at radius 3 is 2.43 bits per heavy atom. The van der Waals surface area contributed by atoms with Gasteiger partial charge >= 0.3 is 0 Å². The number of hydrogen-bond acceptors (Lipinski definition) is 3. The van der Waals surface area contributed by atoms with Crippen LogP contribution in [0.15, 0.2) is 47.4 Å². The maximum Gasteiger partial charge on any atom is 0.241 e. The summed E-state index contributed by atoms with van der Waals surface area (Å²) in [7, 11) is -3.57. The molecular weight excluding hydrogens is 308 g/mol. The van der Waals surface area contributed by atoms with E-state index in [9.17, 15) is 8.42 Å². The molecule has 4 nitrogen and oxygen atoms in total. The average molecular weight is 325 g/mol. The third-order valence-electron chi connectivity index (χ3n) is 3.29. The molecule has 0 aliphatic carbocycles. The SMILES string of the molecule is Cc1c(CN)cccc1S(=O)(=O)NCc1ccc(Cl)cc1. The molecule has 3 N–H and O–H groups in total. The predicted octanol–water partition coefficient (Wildman–Crippen LogP) is 2.59. The molecule has 0 amide bonds. The molecule has 0 aliphatic rings. The highest BCUT2D eigenvalue weighted by atomic mass is 35.5. The first-order valence-electron chi connectivity index (χ1n) is 6.46. The molecule has 0 unspecified atom stereocenters. The second kappa shape index (κ2) is 6.58. The van der Waals surface area contributed by atoms with Gasteiger partial charge in [0, 0.05) is 18.1 Å². The van der Waals surface area contributed by atoms with E-state index < -0.39 is 10.0 Å². The lowest BCUT2D eigenvalue weighted by Gasteiger charge is -2.12. The molecule has 0 bridgehead atoms. The van der Waals surface area contributed by atoms with E-state index in [-0.39, 0.29) is 11.4 Å². The van der Waals surface area contributed by atoms with Crippen molar-refractivity contribution in [2.24, 2.45) is 5.73 Å². The predicted molar refractivity (Wildman–Crippen MR) is 84.5 cm³/mol. The molecule has 0 heterocycles. The van der Waals surface area contributed by atoms with Gasteiger partial charge in [-0.2, -0.15) is 0 Å². The van der Waals surface area contributed by atoms with E-state index in [4.69, 9.17) is 17.3 Å². The molecule has 0 radical (unpaired) electrons. The van der Waals surface area contributed by atoms with E-state index in [1.54, 1.807) is 43.3 Å². The molecular formula is C15H17ClN2O2S. The molecule has 112 valence electrons. The highest BCUT2D eigenvalue weighted by molar-refractivity contribution is 7.89. The molecule has 0 fully saturated rings. The van der Waals surface area contributed by atoms with Gasteiger partial charge in [0.05, 0.1) is 4.90 Å². The number of nitrogens with one attached hydrogen (secondary N) is 1. The topological polar surface area (TPSA) is 72.2 Å². The monoisotopic (exact) mass is 324 g/mol. The van der Waals surface area contributed by atoms with Crippen molar-refractivity contribution in [1.29, 1.82) is 0 Å². The Morgan fingerprint density at radius 1 is 1.14 bits per heavy atom. The fourth-order valence-corrected chi connectivity index (χ4v) is 3.46. The van der Waals surface area contributed by atoms with E-state index >= 15 is 0 Å². The lowest BCUT2D eigenvalue weighted by atomic mass is 10.1. The van der Waals surface area contributed by atoms with Crippen LogP contribution in [0.5, 0.6) is 0 Å². The number of sulfonamides is 1. The number of nitrogens with two attached hydrogens (primary N) is 1. The van der Waals surface area contributed by atoms with Crippen molar-refractivity contribution in [2.45, 2.75) is 24.9 Å². The summed E-state index contributed by atoms with van der Waals surface area (Å²) in [5.74, 6) is 0. The molecule has 0 saturated heterocycles. The standard InChI is InChI=1S/C15H17ClN2O2S/c1-11-13(9-17)3-2-4-15(11)21(19,20)18-10-12-5-7-14(16)8-6-12/h2-8,18H,9-10,17H2,1H3. The van der Waals surface area contributed by atoms with Crippen LogP contribution in [0.25, 0.3) is 0 Å².